The van der Waals surface area contributed by atoms with Crippen LogP contribution in [0.2, 0.25) is 23.2 Å². The van der Waals surface area contributed by atoms with Crippen LogP contribution in [0.15, 0.2) is 83.0 Å². The third kappa shape index (κ3) is 11.5. The van der Waals surface area contributed by atoms with Crippen LogP contribution in [0.5, 0.6) is 0 Å². The van der Waals surface area contributed by atoms with E-state index in [-0.39, 0.29) is 34.5 Å². The molecule has 1 unspecified atom stereocenters. The standard InChI is InChI=1S/C42H67IO3Si2/c1-10-11-12-13-14-15-16-17-18-25-30-37-39(32-31-38(44-37)40(33-34-43)45-47(8,9)41(2,3)4)46-48(42(5,6)7,35-26-21-19-22-27-35)36-28-23-20-24-29-36/h18-29,33-34,37-40H,10-17,30-32H2,1-9H3/b25-18-,34-33+/t37?,38-,39-,40-/m1/s1. The topological polar surface area (TPSA) is 27.7 Å². The van der Waals surface area contributed by atoms with E-state index < -0.39 is 16.6 Å². The number of ether oxygens (including phenoxy) is 1. The number of halogens is 1. The molecule has 0 bridgehead atoms. The lowest BCUT2D eigenvalue weighted by molar-refractivity contribution is -0.134. The van der Waals surface area contributed by atoms with Crippen molar-refractivity contribution in [3.05, 3.63) is 83.0 Å². The van der Waals surface area contributed by atoms with Gasteiger partial charge in [0, 0.05) is 0 Å². The zero-order valence-electron chi connectivity index (χ0n) is 31.8. The van der Waals surface area contributed by atoms with Crippen LogP contribution >= 0.6 is 22.6 Å². The zero-order valence-corrected chi connectivity index (χ0v) is 35.9. The van der Waals surface area contributed by atoms with E-state index >= 15 is 0 Å². The number of unbranched alkanes of at least 4 members (excludes halogenated alkanes) is 7. The van der Waals surface area contributed by atoms with E-state index in [9.17, 15) is 0 Å². The normalized spacial score (nSPS) is 20.5. The summed E-state index contributed by atoms with van der Waals surface area (Å²) in [7, 11) is -4.74. The van der Waals surface area contributed by atoms with Gasteiger partial charge in [0.05, 0.1) is 24.4 Å². The predicted molar refractivity (Wildman–Crippen MR) is 222 cm³/mol. The van der Waals surface area contributed by atoms with Crippen LogP contribution in [0.25, 0.3) is 0 Å². The summed E-state index contributed by atoms with van der Waals surface area (Å²) < 4.78 is 24.1. The van der Waals surface area contributed by atoms with E-state index in [4.69, 9.17) is 13.6 Å². The molecule has 0 amide bonds. The minimum Gasteiger partial charge on any atom is -0.408 e. The minimum atomic E-state index is -2.73. The van der Waals surface area contributed by atoms with Crippen molar-refractivity contribution in [3.63, 3.8) is 0 Å². The lowest BCUT2D eigenvalue weighted by Gasteiger charge is -2.49. The van der Waals surface area contributed by atoms with Gasteiger partial charge in [0.1, 0.15) is 0 Å². The average Bonchev–Trinajstić information content (AvgIpc) is 3.04. The third-order valence-electron chi connectivity index (χ3n) is 10.6. The maximum Gasteiger partial charge on any atom is 0.261 e. The highest BCUT2D eigenvalue weighted by Crippen LogP contribution is 2.42. The first-order valence-electron chi connectivity index (χ1n) is 18.8. The molecule has 2 aromatic carbocycles. The molecule has 0 spiro atoms. The molecule has 1 fully saturated rings. The smallest absolute Gasteiger partial charge is 0.261 e. The summed E-state index contributed by atoms with van der Waals surface area (Å²) in [5, 5.41) is 2.70. The van der Waals surface area contributed by atoms with Crippen molar-refractivity contribution in [3.8, 4) is 0 Å². The highest BCUT2D eigenvalue weighted by Gasteiger charge is 2.53. The number of allylic oxidation sites excluding steroid dienone is 1. The van der Waals surface area contributed by atoms with Gasteiger partial charge in [0.25, 0.3) is 8.32 Å². The lowest BCUT2D eigenvalue weighted by atomic mass is 9.96. The molecule has 6 heteroatoms. The van der Waals surface area contributed by atoms with Crippen molar-refractivity contribution in [1.29, 1.82) is 0 Å². The van der Waals surface area contributed by atoms with Crippen LogP contribution in [0, 0.1) is 0 Å². The molecular weight excluding hydrogens is 736 g/mol. The van der Waals surface area contributed by atoms with Crippen molar-refractivity contribution in [1.82, 2.24) is 0 Å². The second-order valence-electron chi connectivity index (χ2n) is 16.4. The largest absolute Gasteiger partial charge is 0.408 e. The Hall–Kier alpha value is -1.04. The van der Waals surface area contributed by atoms with Crippen molar-refractivity contribution in [2.45, 2.75) is 167 Å². The summed E-state index contributed by atoms with van der Waals surface area (Å²) in [5.74, 6) is 0. The van der Waals surface area contributed by atoms with Gasteiger partial charge in [0.15, 0.2) is 8.32 Å². The summed E-state index contributed by atoms with van der Waals surface area (Å²) in [6, 6.07) is 22.1. The van der Waals surface area contributed by atoms with Gasteiger partial charge in [-0.15, -0.1) is 0 Å². The fraction of sp³-hybridized carbons (Fsp3) is 0.619. The molecule has 1 heterocycles. The summed E-state index contributed by atoms with van der Waals surface area (Å²) in [6.07, 6.45) is 20.2. The van der Waals surface area contributed by atoms with Crippen molar-refractivity contribution in [2.24, 2.45) is 0 Å². The fourth-order valence-electron chi connectivity index (χ4n) is 6.79. The molecule has 48 heavy (non-hydrogen) atoms. The Morgan fingerprint density at radius 2 is 1.35 bits per heavy atom. The van der Waals surface area contributed by atoms with Gasteiger partial charge in [-0.3, -0.25) is 0 Å². The Labute approximate surface area is 311 Å². The Kier molecular flexibility index (Phi) is 16.8. The van der Waals surface area contributed by atoms with E-state index in [0.717, 1.165) is 25.7 Å². The maximum atomic E-state index is 7.74. The summed E-state index contributed by atoms with van der Waals surface area (Å²) in [6.45, 7) is 21.1. The van der Waals surface area contributed by atoms with Crippen LogP contribution in [0.1, 0.15) is 119 Å². The van der Waals surface area contributed by atoms with Crippen LogP contribution < -0.4 is 10.4 Å². The molecule has 3 nitrogen and oxygen atoms in total. The van der Waals surface area contributed by atoms with Crippen LogP contribution in [0.4, 0.5) is 0 Å². The Morgan fingerprint density at radius 3 is 1.88 bits per heavy atom. The molecule has 0 aromatic heterocycles. The molecule has 0 N–H and O–H groups in total. The first-order chi connectivity index (χ1) is 22.8. The quantitative estimate of drug-likeness (QED) is 0.0650. The Bertz CT molecular complexity index is 1190. The average molecular weight is 803 g/mol. The van der Waals surface area contributed by atoms with E-state index in [1.807, 2.05) is 0 Å². The molecule has 3 rings (SSSR count). The predicted octanol–water partition coefficient (Wildman–Crippen LogP) is 11.9. The zero-order chi connectivity index (χ0) is 35.3. The SMILES string of the molecule is CCCCCCCCC/C=C\CC1O[C@@H]([C@@H](/C=C/I)O[Si](C)(C)C(C)(C)C)CC[C@H]1O[Si](c1ccccc1)(c1ccccc1)C(C)(C)C. The van der Waals surface area contributed by atoms with E-state index in [1.54, 1.807) is 0 Å². The number of rotatable bonds is 18. The number of hydrogen-bond acceptors (Lipinski definition) is 3. The third-order valence-corrected chi connectivity index (χ3v) is 20.6. The highest BCUT2D eigenvalue weighted by atomic mass is 127. The van der Waals surface area contributed by atoms with Gasteiger partial charge < -0.3 is 13.6 Å². The Balaban J connectivity index is 1.91. The molecular formula is C42H67IO3Si2. The van der Waals surface area contributed by atoms with Crippen LogP contribution in [-0.2, 0) is 13.6 Å². The summed E-state index contributed by atoms with van der Waals surface area (Å²) >= 11 is 2.34. The Morgan fingerprint density at radius 1 is 0.792 bits per heavy atom. The van der Waals surface area contributed by atoms with Crippen molar-refractivity contribution in [2.75, 3.05) is 0 Å². The van der Waals surface area contributed by atoms with Gasteiger partial charge in [-0.2, -0.15) is 0 Å². The monoisotopic (exact) mass is 802 g/mol. The molecule has 1 saturated heterocycles. The summed E-state index contributed by atoms with van der Waals surface area (Å²) in [4.78, 5) is 0. The molecule has 1 aliphatic rings. The molecule has 1 aliphatic heterocycles. The fourth-order valence-corrected chi connectivity index (χ4v) is 13.2. The lowest BCUT2D eigenvalue weighted by Crippen LogP contribution is -2.69. The molecule has 4 atom stereocenters. The molecule has 268 valence electrons. The second-order valence-corrected chi connectivity index (χ2v) is 26.1. The minimum absolute atomic E-state index is 0.00525. The van der Waals surface area contributed by atoms with E-state index in [1.165, 1.54) is 55.3 Å². The maximum absolute atomic E-state index is 7.74. The van der Waals surface area contributed by atoms with E-state index in [2.05, 4.69) is 167 Å². The first-order valence-corrected chi connectivity index (χ1v) is 24.9. The molecule has 0 aliphatic carbocycles. The van der Waals surface area contributed by atoms with Gasteiger partial charge in [-0.05, 0) is 75.8 Å². The molecule has 2 aromatic rings. The number of hydrogen-bond donors (Lipinski definition) is 0. The molecule has 0 radical (unpaired) electrons. The van der Waals surface area contributed by atoms with Gasteiger partial charge in [-0.25, -0.2) is 0 Å². The van der Waals surface area contributed by atoms with Crippen molar-refractivity contribution < 1.29 is 13.6 Å². The van der Waals surface area contributed by atoms with E-state index in [0.29, 0.717) is 0 Å². The van der Waals surface area contributed by atoms with Crippen molar-refractivity contribution >= 4 is 49.6 Å². The second kappa shape index (κ2) is 19.5. The van der Waals surface area contributed by atoms with Crippen LogP contribution in [-0.4, -0.2) is 41.1 Å². The number of benzene rings is 2. The molecule has 0 saturated carbocycles. The van der Waals surface area contributed by atoms with Crippen LogP contribution in [0.3, 0.4) is 0 Å². The summed E-state index contributed by atoms with van der Waals surface area (Å²) in [5.41, 5.74) is 0. The first kappa shape index (κ1) is 41.4. The van der Waals surface area contributed by atoms with Gasteiger partial charge in [-0.1, -0.05) is 182 Å². The highest BCUT2D eigenvalue weighted by molar-refractivity contribution is 14.1. The van der Waals surface area contributed by atoms with Gasteiger partial charge in [0.2, 0.25) is 0 Å². The van der Waals surface area contributed by atoms with Gasteiger partial charge >= 0.3 is 0 Å².